The van der Waals surface area contributed by atoms with Crippen molar-refractivity contribution < 1.29 is 9.53 Å². The molecule has 32 heavy (non-hydrogen) atoms. The Kier molecular flexibility index (Phi) is 5.41. The van der Waals surface area contributed by atoms with Gasteiger partial charge >= 0.3 is 0 Å². The molecule has 0 saturated carbocycles. The van der Waals surface area contributed by atoms with Crippen LogP contribution in [0.25, 0.3) is 17.0 Å². The first-order valence-electron chi connectivity index (χ1n) is 10.4. The maximum atomic E-state index is 13.2. The first kappa shape index (κ1) is 20.3. The van der Waals surface area contributed by atoms with Gasteiger partial charge in [0.15, 0.2) is 11.5 Å². The number of benzene rings is 2. The lowest BCUT2D eigenvalue weighted by molar-refractivity contribution is 0.0746. The van der Waals surface area contributed by atoms with Crippen molar-refractivity contribution in [2.24, 2.45) is 0 Å². The van der Waals surface area contributed by atoms with Crippen molar-refractivity contribution in [3.8, 4) is 17.1 Å². The summed E-state index contributed by atoms with van der Waals surface area (Å²) in [4.78, 5) is 17.4. The molecule has 3 heterocycles. The summed E-state index contributed by atoms with van der Waals surface area (Å²) in [5.74, 6) is 1.52. The van der Waals surface area contributed by atoms with E-state index in [2.05, 4.69) is 21.2 Å². The van der Waals surface area contributed by atoms with Gasteiger partial charge in [-0.15, -0.1) is 10.2 Å². The minimum absolute atomic E-state index is 0.00736. The molecule has 0 aliphatic carbocycles. The van der Waals surface area contributed by atoms with Crippen LogP contribution in [-0.2, 0) is 0 Å². The number of halogens is 1. The van der Waals surface area contributed by atoms with Gasteiger partial charge in [0.05, 0.1) is 12.7 Å². The summed E-state index contributed by atoms with van der Waals surface area (Å²) in [5, 5.41) is 9.18. The molecule has 0 N–H and O–H groups in total. The molecule has 4 aromatic rings. The molecule has 1 aliphatic rings. The fraction of sp³-hybridized carbons (Fsp3) is 0.208. The smallest absolute Gasteiger partial charge is 0.255 e. The van der Waals surface area contributed by atoms with E-state index in [1.807, 2.05) is 70.1 Å². The molecule has 1 aliphatic heterocycles. The summed E-state index contributed by atoms with van der Waals surface area (Å²) in [5.41, 5.74) is 3.30. The van der Waals surface area contributed by atoms with Crippen LogP contribution in [0.5, 0.6) is 5.75 Å². The van der Waals surface area contributed by atoms with Gasteiger partial charge in [-0.3, -0.25) is 9.20 Å². The van der Waals surface area contributed by atoms with Crippen molar-refractivity contribution in [3.63, 3.8) is 0 Å². The van der Waals surface area contributed by atoms with Crippen LogP contribution < -0.4 is 9.64 Å². The molecule has 0 atom stereocenters. The molecule has 0 unspecified atom stereocenters. The highest BCUT2D eigenvalue weighted by molar-refractivity contribution is 6.30. The lowest BCUT2D eigenvalue weighted by Crippen LogP contribution is -2.48. The van der Waals surface area contributed by atoms with Gasteiger partial charge in [0, 0.05) is 54.7 Å². The summed E-state index contributed by atoms with van der Waals surface area (Å²) >= 11 is 6.01. The first-order valence-corrected chi connectivity index (χ1v) is 10.8. The van der Waals surface area contributed by atoms with Crippen LogP contribution in [0, 0.1) is 0 Å². The number of hydrogen-bond acceptors (Lipinski definition) is 5. The van der Waals surface area contributed by atoms with Gasteiger partial charge in [0.1, 0.15) is 5.75 Å². The Bertz CT molecular complexity index is 1260. The summed E-state index contributed by atoms with van der Waals surface area (Å²) in [6.07, 6.45) is 1.82. The van der Waals surface area contributed by atoms with Crippen LogP contribution >= 0.6 is 11.6 Å². The van der Waals surface area contributed by atoms with E-state index < -0.39 is 0 Å². The Hall–Kier alpha value is -3.58. The number of ether oxygens (including phenoxy) is 1. The number of anilines is 1. The molecule has 1 saturated heterocycles. The molecule has 162 valence electrons. The quantitative estimate of drug-likeness (QED) is 0.473. The average Bonchev–Trinajstić information content (AvgIpc) is 3.27. The normalized spacial score (nSPS) is 14.1. The zero-order chi connectivity index (χ0) is 22.1. The summed E-state index contributed by atoms with van der Waals surface area (Å²) < 4.78 is 7.18. The second kappa shape index (κ2) is 8.51. The number of piperazine rings is 1. The standard InChI is InChI=1S/C24H22ClN5O2/c1-32-21-4-2-3-20(15-21)28-11-13-29(14-12-28)24(31)18-7-10-22-26-27-23(30(22)16-18)17-5-8-19(25)9-6-17/h2-10,15-16H,11-14H2,1H3. The number of carbonyl (C=O) groups excluding carboxylic acids is 1. The zero-order valence-electron chi connectivity index (χ0n) is 17.6. The Morgan fingerprint density at radius 2 is 1.75 bits per heavy atom. The highest BCUT2D eigenvalue weighted by Crippen LogP contribution is 2.24. The average molecular weight is 448 g/mol. The van der Waals surface area contributed by atoms with E-state index in [0.29, 0.717) is 35.1 Å². The minimum Gasteiger partial charge on any atom is -0.497 e. The number of fused-ring (bicyclic) bond motifs is 1. The second-order valence-electron chi connectivity index (χ2n) is 7.66. The Morgan fingerprint density at radius 1 is 0.969 bits per heavy atom. The molecule has 1 amide bonds. The maximum absolute atomic E-state index is 13.2. The van der Waals surface area contributed by atoms with Gasteiger partial charge in [-0.2, -0.15) is 0 Å². The van der Waals surface area contributed by atoms with Crippen molar-refractivity contribution in [3.05, 3.63) is 77.4 Å². The number of rotatable bonds is 4. The number of hydrogen-bond donors (Lipinski definition) is 0. The molecule has 2 aromatic heterocycles. The van der Waals surface area contributed by atoms with E-state index in [4.69, 9.17) is 16.3 Å². The summed E-state index contributed by atoms with van der Waals surface area (Å²) in [6.45, 7) is 2.84. The third kappa shape index (κ3) is 3.87. The number of carbonyl (C=O) groups is 1. The molecular formula is C24H22ClN5O2. The molecule has 5 rings (SSSR count). The molecule has 8 heteroatoms. The van der Waals surface area contributed by atoms with E-state index in [1.165, 1.54) is 0 Å². The Labute approximate surface area is 190 Å². The predicted molar refractivity (Wildman–Crippen MR) is 125 cm³/mol. The van der Waals surface area contributed by atoms with Crippen LogP contribution in [0.1, 0.15) is 10.4 Å². The Morgan fingerprint density at radius 3 is 2.50 bits per heavy atom. The van der Waals surface area contributed by atoms with Gasteiger partial charge < -0.3 is 14.5 Å². The van der Waals surface area contributed by atoms with Crippen LogP contribution in [0.3, 0.4) is 0 Å². The topological polar surface area (TPSA) is 63.0 Å². The van der Waals surface area contributed by atoms with Crippen LogP contribution in [0.15, 0.2) is 66.9 Å². The van der Waals surface area contributed by atoms with E-state index in [1.54, 1.807) is 7.11 Å². The minimum atomic E-state index is 0.00736. The molecule has 0 bridgehead atoms. The molecule has 0 radical (unpaired) electrons. The fourth-order valence-electron chi connectivity index (χ4n) is 3.97. The van der Waals surface area contributed by atoms with Crippen LogP contribution in [-0.4, -0.2) is 58.7 Å². The highest BCUT2D eigenvalue weighted by atomic mass is 35.5. The van der Waals surface area contributed by atoms with Gasteiger partial charge in [0.2, 0.25) is 0 Å². The molecule has 0 spiro atoms. The van der Waals surface area contributed by atoms with Crippen molar-refractivity contribution in [2.45, 2.75) is 0 Å². The van der Waals surface area contributed by atoms with Crippen molar-refractivity contribution >= 4 is 28.8 Å². The number of amides is 1. The van der Waals surface area contributed by atoms with E-state index >= 15 is 0 Å². The van der Waals surface area contributed by atoms with E-state index in [9.17, 15) is 4.79 Å². The van der Waals surface area contributed by atoms with Gasteiger partial charge in [-0.25, -0.2) is 0 Å². The monoisotopic (exact) mass is 447 g/mol. The van der Waals surface area contributed by atoms with Crippen molar-refractivity contribution in [1.82, 2.24) is 19.5 Å². The third-order valence-electron chi connectivity index (χ3n) is 5.74. The first-order chi connectivity index (χ1) is 15.6. The Balaban J connectivity index is 1.34. The van der Waals surface area contributed by atoms with E-state index in [0.717, 1.165) is 30.1 Å². The second-order valence-corrected chi connectivity index (χ2v) is 8.09. The lowest BCUT2D eigenvalue weighted by Gasteiger charge is -2.36. The van der Waals surface area contributed by atoms with Crippen LogP contribution in [0.4, 0.5) is 5.69 Å². The number of pyridine rings is 1. The largest absolute Gasteiger partial charge is 0.497 e. The highest BCUT2D eigenvalue weighted by Gasteiger charge is 2.23. The predicted octanol–water partition coefficient (Wildman–Crippen LogP) is 4.02. The number of methoxy groups -OCH3 is 1. The third-order valence-corrected chi connectivity index (χ3v) is 5.99. The van der Waals surface area contributed by atoms with E-state index in [-0.39, 0.29) is 5.91 Å². The van der Waals surface area contributed by atoms with Crippen molar-refractivity contribution in [2.75, 3.05) is 38.2 Å². The maximum Gasteiger partial charge on any atom is 0.255 e. The molecule has 2 aromatic carbocycles. The number of nitrogens with zero attached hydrogens (tertiary/aromatic N) is 5. The molecule has 1 fully saturated rings. The lowest BCUT2D eigenvalue weighted by atomic mass is 10.2. The van der Waals surface area contributed by atoms with Crippen molar-refractivity contribution in [1.29, 1.82) is 0 Å². The van der Waals surface area contributed by atoms with Crippen LogP contribution in [0.2, 0.25) is 5.02 Å². The van der Waals surface area contributed by atoms with Gasteiger partial charge in [-0.1, -0.05) is 17.7 Å². The fourth-order valence-corrected chi connectivity index (χ4v) is 4.10. The molecule has 7 nitrogen and oxygen atoms in total. The van der Waals surface area contributed by atoms with Gasteiger partial charge in [0.25, 0.3) is 5.91 Å². The molecular weight excluding hydrogens is 426 g/mol. The SMILES string of the molecule is COc1cccc(N2CCN(C(=O)c3ccc4nnc(-c5ccc(Cl)cc5)n4c3)CC2)c1. The summed E-state index contributed by atoms with van der Waals surface area (Å²) in [7, 11) is 1.67. The summed E-state index contributed by atoms with van der Waals surface area (Å²) in [6, 6.07) is 19.1. The van der Waals surface area contributed by atoms with Gasteiger partial charge in [-0.05, 0) is 48.5 Å². The number of aromatic nitrogens is 3. The zero-order valence-corrected chi connectivity index (χ0v) is 18.4.